The molecule has 1 aliphatic rings. The number of rotatable bonds is 4. The van der Waals surface area contributed by atoms with E-state index in [4.69, 9.17) is 0 Å². The van der Waals surface area contributed by atoms with Crippen molar-refractivity contribution < 1.29 is 22.4 Å². The lowest BCUT2D eigenvalue weighted by atomic mass is 10.0. The van der Waals surface area contributed by atoms with Crippen LogP contribution in [0.4, 0.5) is 17.6 Å². The summed E-state index contributed by atoms with van der Waals surface area (Å²) in [5, 5.41) is 2.11. The lowest BCUT2D eigenvalue weighted by Crippen LogP contribution is -2.40. The summed E-state index contributed by atoms with van der Waals surface area (Å²) >= 11 is 0. The molecular formula is C15H18F4N2O. The SMILES string of the molecule is C[C@@H]1C[C@@H](c2cccc(F)c2)N(C(=O)CNCC(F)(F)F)C1. The minimum atomic E-state index is -4.35. The number of amides is 1. The van der Waals surface area contributed by atoms with Crippen LogP contribution in [0.3, 0.4) is 0 Å². The Balaban J connectivity index is 2.03. The second kappa shape index (κ2) is 6.64. The minimum Gasteiger partial charge on any atom is -0.334 e. The largest absolute Gasteiger partial charge is 0.401 e. The van der Waals surface area contributed by atoms with Gasteiger partial charge in [-0.3, -0.25) is 4.79 Å². The summed E-state index contributed by atoms with van der Waals surface area (Å²) in [4.78, 5) is 13.7. The number of benzene rings is 1. The molecule has 7 heteroatoms. The Kier molecular flexibility index (Phi) is 5.05. The van der Waals surface area contributed by atoms with Crippen molar-refractivity contribution >= 4 is 5.91 Å². The zero-order valence-electron chi connectivity index (χ0n) is 12.2. The molecule has 0 saturated carbocycles. The van der Waals surface area contributed by atoms with Crippen LogP contribution in [0.1, 0.15) is 24.9 Å². The van der Waals surface area contributed by atoms with Crippen LogP contribution in [0.5, 0.6) is 0 Å². The molecule has 0 radical (unpaired) electrons. The first-order chi connectivity index (χ1) is 10.3. The van der Waals surface area contributed by atoms with Gasteiger partial charge < -0.3 is 10.2 Å². The number of carbonyl (C=O) groups is 1. The van der Waals surface area contributed by atoms with E-state index in [0.717, 1.165) is 0 Å². The second-order valence-corrected chi connectivity index (χ2v) is 5.68. The Bertz CT molecular complexity index is 533. The van der Waals surface area contributed by atoms with Gasteiger partial charge in [-0.25, -0.2) is 4.39 Å². The van der Waals surface area contributed by atoms with E-state index in [1.54, 1.807) is 12.1 Å². The Morgan fingerprint density at radius 1 is 1.41 bits per heavy atom. The normalized spacial score (nSPS) is 22.1. The molecule has 3 nitrogen and oxygen atoms in total. The number of nitrogens with zero attached hydrogens (tertiary/aromatic N) is 1. The first-order valence-corrected chi connectivity index (χ1v) is 7.08. The lowest BCUT2D eigenvalue weighted by Gasteiger charge is -2.25. The van der Waals surface area contributed by atoms with E-state index in [2.05, 4.69) is 5.32 Å². The van der Waals surface area contributed by atoms with Crippen molar-refractivity contribution in [1.29, 1.82) is 0 Å². The molecule has 0 spiro atoms. The van der Waals surface area contributed by atoms with Gasteiger partial charge in [0.05, 0.1) is 19.1 Å². The highest BCUT2D eigenvalue weighted by Crippen LogP contribution is 2.35. The van der Waals surface area contributed by atoms with E-state index in [0.29, 0.717) is 18.5 Å². The van der Waals surface area contributed by atoms with Crippen molar-refractivity contribution in [3.8, 4) is 0 Å². The van der Waals surface area contributed by atoms with Crippen LogP contribution in [0.15, 0.2) is 24.3 Å². The topological polar surface area (TPSA) is 32.3 Å². The Morgan fingerprint density at radius 3 is 2.77 bits per heavy atom. The van der Waals surface area contributed by atoms with Gasteiger partial charge in [-0.05, 0) is 30.0 Å². The highest BCUT2D eigenvalue weighted by Gasteiger charge is 2.34. The highest BCUT2D eigenvalue weighted by molar-refractivity contribution is 5.79. The molecule has 0 aromatic heterocycles. The minimum absolute atomic E-state index is 0.222. The molecule has 1 fully saturated rings. The third kappa shape index (κ3) is 4.43. The van der Waals surface area contributed by atoms with Gasteiger partial charge in [-0.1, -0.05) is 19.1 Å². The summed E-state index contributed by atoms with van der Waals surface area (Å²) in [5.74, 6) is -0.567. The molecule has 1 aliphatic heterocycles. The smallest absolute Gasteiger partial charge is 0.334 e. The molecule has 1 amide bonds. The third-order valence-electron chi connectivity index (χ3n) is 3.67. The van der Waals surface area contributed by atoms with Crippen LogP contribution in [0.2, 0.25) is 0 Å². The first kappa shape index (κ1) is 16.7. The molecule has 1 heterocycles. The van der Waals surface area contributed by atoms with E-state index < -0.39 is 18.6 Å². The molecule has 0 aliphatic carbocycles. The molecule has 1 N–H and O–H groups in total. The summed E-state index contributed by atoms with van der Waals surface area (Å²) in [6.45, 7) is 0.848. The molecule has 2 rings (SSSR count). The van der Waals surface area contributed by atoms with E-state index in [1.807, 2.05) is 6.92 Å². The third-order valence-corrected chi connectivity index (χ3v) is 3.67. The zero-order valence-corrected chi connectivity index (χ0v) is 12.2. The summed E-state index contributed by atoms with van der Waals surface area (Å²) < 4.78 is 49.6. The molecule has 1 aromatic carbocycles. The van der Waals surface area contributed by atoms with Gasteiger partial charge in [0.1, 0.15) is 5.82 Å². The molecular weight excluding hydrogens is 300 g/mol. The Labute approximate surface area is 126 Å². The van der Waals surface area contributed by atoms with Crippen molar-refractivity contribution in [2.45, 2.75) is 25.6 Å². The van der Waals surface area contributed by atoms with Gasteiger partial charge in [0, 0.05) is 6.54 Å². The monoisotopic (exact) mass is 318 g/mol. The van der Waals surface area contributed by atoms with Crippen molar-refractivity contribution in [3.05, 3.63) is 35.6 Å². The van der Waals surface area contributed by atoms with Gasteiger partial charge in [-0.2, -0.15) is 13.2 Å². The predicted octanol–water partition coefficient (Wildman–Crippen LogP) is 2.89. The predicted molar refractivity (Wildman–Crippen MR) is 73.6 cm³/mol. The molecule has 1 aromatic rings. The number of halogens is 4. The number of hydrogen-bond donors (Lipinski definition) is 1. The fourth-order valence-electron chi connectivity index (χ4n) is 2.76. The average molecular weight is 318 g/mol. The maximum Gasteiger partial charge on any atom is 0.401 e. The van der Waals surface area contributed by atoms with E-state index in [9.17, 15) is 22.4 Å². The van der Waals surface area contributed by atoms with Crippen LogP contribution < -0.4 is 5.32 Å². The van der Waals surface area contributed by atoms with Crippen LogP contribution in [-0.2, 0) is 4.79 Å². The van der Waals surface area contributed by atoms with Gasteiger partial charge in [0.2, 0.25) is 5.91 Å². The van der Waals surface area contributed by atoms with Crippen LogP contribution in [-0.4, -0.2) is 36.6 Å². The summed E-state index contributed by atoms with van der Waals surface area (Å²) in [5.41, 5.74) is 0.675. The van der Waals surface area contributed by atoms with Crippen LogP contribution in [0.25, 0.3) is 0 Å². The maximum absolute atomic E-state index is 13.3. The quantitative estimate of drug-likeness (QED) is 0.866. The number of likely N-dealkylation sites (tertiary alicyclic amines) is 1. The summed E-state index contributed by atoms with van der Waals surface area (Å²) in [7, 11) is 0. The molecule has 22 heavy (non-hydrogen) atoms. The summed E-state index contributed by atoms with van der Waals surface area (Å²) in [6.07, 6.45) is -3.67. The van der Waals surface area contributed by atoms with E-state index in [1.165, 1.54) is 17.0 Å². The fourth-order valence-corrected chi connectivity index (χ4v) is 2.76. The van der Waals surface area contributed by atoms with Crippen LogP contribution in [0, 0.1) is 11.7 Å². The Hall–Kier alpha value is -1.63. The van der Waals surface area contributed by atoms with Crippen LogP contribution >= 0.6 is 0 Å². The van der Waals surface area contributed by atoms with Crippen molar-refractivity contribution in [2.75, 3.05) is 19.6 Å². The number of carbonyl (C=O) groups excluding carboxylic acids is 1. The molecule has 122 valence electrons. The Morgan fingerprint density at radius 2 is 2.14 bits per heavy atom. The molecule has 0 bridgehead atoms. The number of alkyl halides is 3. The number of hydrogen-bond acceptors (Lipinski definition) is 2. The van der Waals surface area contributed by atoms with Gasteiger partial charge >= 0.3 is 6.18 Å². The lowest BCUT2D eigenvalue weighted by molar-refractivity contribution is -0.135. The van der Waals surface area contributed by atoms with Crippen molar-refractivity contribution in [2.24, 2.45) is 5.92 Å². The standard InChI is InChI=1S/C15H18F4N2O/c1-10-5-13(11-3-2-4-12(16)6-11)21(8-10)14(22)7-20-9-15(17,18)19/h2-4,6,10,13,20H,5,7-9H2,1H3/t10-,13+/m1/s1. The molecule has 0 unspecified atom stereocenters. The zero-order chi connectivity index (χ0) is 16.3. The molecule has 1 saturated heterocycles. The second-order valence-electron chi connectivity index (χ2n) is 5.68. The first-order valence-electron chi connectivity index (χ1n) is 7.08. The van der Waals surface area contributed by atoms with Gasteiger partial charge in [0.25, 0.3) is 0 Å². The fraction of sp³-hybridized carbons (Fsp3) is 0.533. The van der Waals surface area contributed by atoms with Gasteiger partial charge in [0.15, 0.2) is 0 Å². The molecule has 2 atom stereocenters. The van der Waals surface area contributed by atoms with E-state index >= 15 is 0 Å². The highest BCUT2D eigenvalue weighted by atomic mass is 19.4. The van der Waals surface area contributed by atoms with Crippen molar-refractivity contribution in [1.82, 2.24) is 10.2 Å². The van der Waals surface area contributed by atoms with Crippen molar-refractivity contribution in [3.63, 3.8) is 0 Å². The average Bonchev–Trinajstić information content (AvgIpc) is 2.79. The van der Waals surface area contributed by atoms with Gasteiger partial charge in [-0.15, -0.1) is 0 Å². The summed E-state index contributed by atoms with van der Waals surface area (Å²) in [6, 6.07) is 5.70. The number of nitrogens with one attached hydrogen (secondary N) is 1. The maximum atomic E-state index is 13.3. The van der Waals surface area contributed by atoms with E-state index in [-0.39, 0.29) is 24.3 Å².